The minimum absolute atomic E-state index is 0.711. The van der Waals surface area contributed by atoms with Crippen LogP contribution >= 0.6 is 0 Å². The molecule has 0 N–H and O–H groups in total. The average Bonchev–Trinajstić information content (AvgIpc) is 2.50. The molecule has 0 nitrogen and oxygen atoms in total. The first-order chi connectivity index (χ1) is 11.7. The maximum atomic E-state index is 4.27. The maximum absolute atomic E-state index is 4.27. The summed E-state index contributed by atoms with van der Waals surface area (Å²) in [6.07, 6.45) is 7.97. The van der Waals surface area contributed by atoms with E-state index in [1.165, 1.54) is 40.7 Å². The molecular formula is C25H36. The number of aryl methyl sites for hydroxylation is 2. The standard InChI is InChI=1S/C25H36/c1-10-12-18(5)13-23-15-19(6)20(7)16-25(23)22(9)14-21(8)24(11-2)17(3)4/h11,14-16,18H,3,8,10,12-13H2,1-2,4-7,9H3/b22-14+,24-11-. The third-order valence-electron chi connectivity index (χ3n) is 4.98. The van der Waals surface area contributed by atoms with Crippen molar-refractivity contribution >= 4 is 5.57 Å². The topological polar surface area (TPSA) is 0 Å². The van der Waals surface area contributed by atoms with E-state index in [0.717, 1.165) is 23.1 Å². The van der Waals surface area contributed by atoms with Crippen molar-refractivity contribution in [2.24, 2.45) is 5.92 Å². The van der Waals surface area contributed by atoms with Gasteiger partial charge in [-0.05, 0) is 85.9 Å². The largest absolute Gasteiger partial charge is 0.0955 e. The van der Waals surface area contributed by atoms with Crippen LogP contribution in [0.2, 0.25) is 0 Å². The highest BCUT2D eigenvalue weighted by Crippen LogP contribution is 2.29. The summed E-state index contributed by atoms with van der Waals surface area (Å²) in [5.41, 5.74) is 10.1. The summed E-state index contributed by atoms with van der Waals surface area (Å²) in [6, 6.07) is 4.73. The van der Waals surface area contributed by atoms with Gasteiger partial charge >= 0.3 is 0 Å². The third-order valence-corrected chi connectivity index (χ3v) is 4.98. The molecule has 0 aromatic heterocycles. The van der Waals surface area contributed by atoms with E-state index in [2.05, 4.69) is 72.1 Å². The van der Waals surface area contributed by atoms with E-state index in [4.69, 9.17) is 0 Å². The van der Waals surface area contributed by atoms with Crippen molar-refractivity contribution in [1.82, 2.24) is 0 Å². The highest BCUT2D eigenvalue weighted by Gasteiger charge is 2.12. The van der Waals surface area contributed by atoms with Gasteiger partial charge in [-0.15, -0.1) is 0 Å². The van der Waals surface area contributed by atoms with Crippen molar-refractivity contribution in [2.45, 2.75) is 67.7 Å². The van der Waals surface area contributed by atoms with Crippen LogP contribution in [0, 0.1) is 19.8 Å². The summed E-state index contributed by atoms with van der Waals surface area (Å²) in [5.74, 6) is 0.711. The van der Waals surface area contributed by atoms with Crippen LogP contribution in [0.1, 0.15) is 69.7 Å². The van der Waals surface area contributed by atoms with Gasteiger partial charge in [-0.1, -0.05) is 69.7 Å². The van der Waals surface area contributed by atoms with Crippen LogP contribution in [-0.2, 0) is 6.42 Å². The van der Waals surface area contributed by atoms with Crippen LogP contribution in [0.3, 0.4) is 0 Å². The molecule has 1 aromatic rings. The minimum atomic E-state index is 0.711. The van der Waals surface area contributed by atoms with Gasteiger partial charge in [-0.3, -0.25) is 0 Å². The second-order valence-electron chi connectivity index (χ2n) is 7.53. The number of rotatable bonds is 8. The molecule has 0 aliphatic rings. The van der Waals surface area contributed by atoms with E-state index in [9.17, 15) is 0 Å². The molecule has 0 aliphatic heterocycles. The summed E-state index contributed by atoms with van der Waals surface area (Å²) in [7, 11) is 0. The van der Waals surface area contributed by atoms with Crippen LogP contribution in [0.5, 0.6) is 0 Å². The lowest BCUT2D eigenvalue weighted by atomic mass is 9.87. The van der Waals surface area contributed by atoms with Crippen molar-refractivity contribution < 1.29 is 0 Å². The molecule has 1 aromatic carbocycles. The smallest absolute Gasteiger partial charge is 0.0192 e. The zero-order valence-corrected chi connectivity index (χ0v) is 17.4. The summed E-state index contributed by atoms with van der Waals surface area (Å²) < 4.78 is 0. The van der Waals surface area contributed by atoms with E-state index in [1.54, 1.807) is 0 Å². The molecule has 1 rings (SSSR count). The number of benzene rings is 1. The number of hydrogen-bond acceptors (Lipinski definition) is 0. The predicted octanol–water partition coefficient (Wildman–Crippen LogP) is 7.76. The van der Waals surface area contributed by atoms with Gasteiger partial charge in [0.2, 0.25) is 0 Å². The molecule has 1 unspecified atom stereocenters. The van der Waals surface area contributed by atoms with Gasteiger partial charge in [0.1, 0.15) is 0 Å². The van der Waals surface area contributed by atoms with Crippen LogP contribution in [0.25, 0.3) is 5.57 Å². The Morgan fingerprint density at radius 1 is 1.12 bits per heavy atom. The summed E-state index contributed by atoms with van der Waals surface area (Å²) in [4.78, 5) is 0. The quantitative estimate of drug-likeness (QED) is 0.425. The summed E-state index contributed by atoms with van der Waals surface area (Å²) in [6.45, 7) is 23.7. The second-order valence-corrected chi connectivity index (χ2v) is 7.53. The van der Waals surface area contributed by atoms with E-state index in [1.807, 2.05) is 13.8 Å². The van der Waals surface area contributed by atoms with Crippen molar-refractivity contribution in [2.75, 3.05) is 0 Å². The van der Waals surface area contributed by atoms with E-state index < -0.39 is 0 Å². The van der Waals surface area contributed by atoms with Gasteiger partial charge < -0.3 is 0 Å². The van der Waals surface area contributed by atoms with Gasteiger partial charge in [0.05, 0.1) is 0 Å². The van der Waals surface area contributed by atoms with Gasteiger partial charge in [0.25, 0.3) is 0 Å². The molecule has 136 valence electrons. The Morgan fingerprint density at radius 2 is 1.72 bits per heavy atom. The van der Waals surface area contributed by atoms with Crippen molar-refractivity contribution in [3.05, 3.63) is 76.4 Å². The average molecular weight is 337 g/mol. The van der Waals surface area contributed by atoms with Gasteiger partial charge in [0.15, 0.2) is 0 Å². The van der Waals surface area contributed by atoms with Gasteiger partial charge in [0, 0.05) is 0 Å². The molecule has 0 heterocycles. The van der Waals surface area contributed by atoms with Crippen LogP contribution in [-0.4, -0.2) is 0 Å². The highest BCUT2D eigenvalue weighted by atomic mass is 14.2. The second kappa shape index (κ2) is 9.61. The third kappa shape index (κ3) is 5.88. The normalized spacial score (nSPS) is 13.7. The number of allylic oxidation sites excluding steroid dienone is 6. The lowest BCUT2D eigenvalue weighted by molar-refractivity contribution is 0.522. The fourth-order valence-corrected chi connectivity index (χ4v) is 3.50. The zero-order chi connectivity index (χ0) is 19.1. The first kappa shape index (κ1) is 21.2. The zero-order valence-electron chi connectivity index (χ0n) is 17.4. The van der Waals surface area contributed by atoms with Crippen LogP contribution in [0.15, 0.2) is 54.2 Å². The molecule has 0 spiro atoms. The molecule has 0 amide bonds. The molecule has 0 aliphatic carbocycles. The predicted molar refractivity (Wildman–Crippen MR) is 115 cm³/mol. The first-order valence-corrected chi connectivity index (χ1v) is 9.51. The molecule has 0 saturated heterocycles. The summed E-state index contributed by atoms with van der Waals surface area (Å²) in [5, 5.41) is 0. The van der Waals surface area contributed by atoms with Crippen LogP contribution in [0.4, 0.5) is 0 Å². The lowest BCUT2D eigenvalue weighted by Crippen LogP contribution is -2.04. The Morgan fingerprint density at radius 3 is 2.24 bits per heavy atom. The Balaban J connectivity index is 3.29. The molecule has 0 radical (unpaired) electrons. The molecule has 0 fully saturated rings. The Labute approximate surface area is 156 Å². The van der Waals surface area contributed by atoms with Crippen molar-refractivity contribution in [3.63, 3.8) is 0 Å². The van der Waals surface area contributed by atoms with E-state index >= 15 is 0 Å². The molecular weight excluding hydrogens is 300 g/mol. The van der Waals surface area contributed by atoms with Gasteiger partial charge in [-0.25, -0.2) is 0 Å². The summed E-state index contributed by atoms with van der Waals surface area (Å²) >= 11 is 0. The number of hydrogen-bond donors (Lipinski definition) is 0. The van der Waals surface area contributed by atoms with Crippen molar-refractivity contribution in [1.29, 1.82) is 0 Å². The molecule has 0 bridgehead atoms. The van der Waals surface area contributed by atoms with Crippen molar-refractivity contribution in [3.8, 4) is 0 Å². The van der Waals surface area contributed by atoms with Gasteiger partial charge in [-0.2, -0.15) is 0 Å². The molecule has 25 heavy (non-hydrogen) atoms. The van der Waals surface area contributed by atoms with Crippen LogP contribution < -0.4 is 0 Å². The Bertz CT molecular complexity index is 695. The minimum Gasteiger partial charge on any atom is -0.0955 e. The first-order valence-electron chi connectivity index (χ1n) is 9.51. The highest BCUT2D eigenvalue weighted by molar-refractivity contribution is 5.72. The SMILES string of the molecule is C=C(C)/C(=C/C)C(=C)/C=C(\C)c1cc(C)c(C)cc1CC(C)CCC. The molecule has 0 saturated carbocycles. The fraction of sp³-hybridized carbons (Fsp3) is 0.440. The van der Waals surface area contributed by atoms with E-state index in [-0.39, 0.29) is 0 Å². The maximum Gasteiger partial charge on any atom is -0.0192 e. The Kier molecular flexibility index (Phi) is 8.16. The lowest BCUT2D eigenvalue weighted by Gasteiger charge is -2.18. The monoisotopic (exact) mass is 336 g/mol. The Hall–Kier alpha value is -1.82. The molecule has 0 heteroatoms. The van der Waals surface area contributed by atoms with E-state index in [0.29, 0.717) is 5.92 Å². The fourth-order valence-electron chi connectivity index (χ4n) is 3.50. The molecule has 1 atom stereocenters.